The summed E-state index contributed by atoms with van der Waals surface area (Å²) in [6.45, 7) is 3.86. The first-order valence-corrected chi connectivity index (χ1v) is 8.76. The first-order chi connectivity index (χ1) is 12.5. The van der Waals surface area contributed by atoms with E-state index in [9.17, 15) is 9.59 Å². The Labute approximate surface area is 152 Å². The van der Waals surface area contributed by atoms with Gasteiger partial charge in [0, 0.05) is 11.1 Å². The SMILES string of the molecule is Cc1ccc(C(=O)NNC(=O)c2ccc3c4c(cccc24)CC3)c(C)c1. The second-order valence-electron chi connectivity index (χ2n) is 6.84. The third-order valence-corrected chi connectivity index (χ3v) is 5.04. The molecule has 0 aromatic heterocycles. The molecule has 26 heavy (non-hydrogen) atoms. The van der Waals surface area contributed by atoms with E-state index in [0.29, 0.717) is 11.1 Å². The maximum absolute atomic E-state index is 12.7. The number of hydrogen-bond donors (Lipinski definition) is 2. The van der Waals surface area contributed by atoms with Gasteiger partial charge in [0.05, 0.1) is 0 Å². The van der Waals surface area contributed by atoms with Crippen molar-refractivity contribution >= 4 is 22.6 Å². The van der Waals surface area contributed by atoms with Gasteiger partial charge in [0.1, 0.15) is 0 Å². The smallest absolute Gasteiger partial charge is 0.267 e. The topological polar surface area (TPSA) is 58.2 Å². The lowest BCUT2D eigenvalue weighted by molar-refractivity contribution is 0.0847. The Morgan fingerprint density at radius 3 is 2.19 bits per heavy atom. The van der Waals surface area contributed by atoms with Crippen LogP contribution in [0.5, 0.6) is 0 Å². The van der Waals surface area contributed by atoms with E-state index >= 15 is 0 Å². The van der Waals surface area contributed by atoms with Gasteiger partial charge in [-0.15, -0.1) is 0 Å². The van der Waals surface area contributed by atoms with Gasteiger partial charge in [0.25, 0.3) is 11.8 Å². The van der Waals surface area contributed by atoms with Crippen molar-refractivity contribution in [2.75, 3.05) is 0 Å². The van der Waals surface area contributed by atoms with Crippen molar-refractivity contribution < 1.29 is 9.59 Å². The highest BCUT2D eigenvalue weighted by Crippen LogP contribution is 2.32. The summed E-state index contributed by atoms with van der Waals surface area (Å²) in [4.78, 5) is 25.0. The van der Waals surface area contributed by atoms with Crippen molar-refractivity contribution in [2.45, 2.75) is 26.7 Å². The van der Waals surface area contributed by atoms with Gasteiger partial charge in [0.2, 0.25) is 0 Å². The molecule has 0 spiro atoms. The Bertz CT molecular complexity index is 1040. The number of carbonyl (C=O) groups is 2. The summed E-state index contributed by atoms with van der Waals surface area (Å²) < 4.78 is 0. The summed E-state index contributed by atoms with van der Waals surface area (Å²) >= 11 is 0. The van der Waals surface area contributed by atoms with E-state index in [4.69, 9.17) is 0 Å². The van der Waals surface area contributed by atoms with Gasteiger partial charge < -0.3 is 0 Å². The molecule has 4 rings (SSSR count). The summed E-state index contributed by atoms with van der Waals surface area (Å²) in [6, 6.07) is 15.5. The van der Waals surface area contributed by atoms with Gasteiger partial charge in [-0.2, -0.15) is 0 Å². The van der Waals surface area contributed by atoms with Gasteiger partial charge >= 0.3 is 0 Å². The monoisotopic (exact) mass is 344 g/mol. The summed E-state index contributed by atoms with van der Waals surface area (Å²) in [6.07, 6.45) is 2.03. The van der Waals surface area contributed by atoms with Crippen LogP contribution in [0.2, 0.25) is 0 Å². The van der Waals surface area contributed by atoms with Crippen LogP contribution in [0.3, 0.4) is 0 Å². The van der Waals surface area contributed by atoms with E-state index in [1.165, 1.54) is 16.5 Å². The Morgan fingerprint density at radius 2 is 1.46 bits per heavy atom. The van der Waals surface area contributed by atoms with Crippen LogP contribution in [0.15, 0.2) is 48.5 Å². The van der Waals surface area contributed by atoms with E-state index < -0.39 is 0 Å². The Kier molecular flexibility index (Phi) is 3.96. The molecule has 3 aromatic carbocycles. The minimum Gasteiger partial charge on any atom is -0.267 e. The Balaban J connectivity index is 1.56. The Hall–Kier alpha value is -3.14. The van der Waals surface area contributed by atoms with Gasteiger partial charge in [-0.3, -0.25) is 20.4 Å². The number of hydrogen-bond acceptors (Lipinski definition) is 2. The van der Waals surface area contributed by atoms with Crippen molar-refractivity contribution in [3.05, 3.63) is 81.9 Å². The minimum absolute atomic E-state index is 0.307. The number of aryl methyl sites for hydroxylation is 4. The van der Waals surface area contributed by atoms with Crippen molar-refractivity contribution in [2.24, 2.45) is 0 Å². The molecule has 0 radical (unpaired) electrons. The van der Waals surface area contributed by atoms with Gasteiger partial charge in [-0.1, -0.05) is 42.0 Å². The number of nitrogens with one attached hydrogen (secondary N) is 2. The molecule has 130 valence electrons. The van der Waals surface area contributed by atoms with Crippen LogP contribution in [-0.4, -0.2) is 11.8 Å². The maximum Gasteiger partial charge on any atom is 0.270 e. The molecule has 1 aliphatic rings. The third-order valence-electron chi connectivity index (χ3n) is 5.04. The van der Waals surface area contributed by atoms with Crippen LogP contribution < -0.4 is 10.9 Å². The fourth-order valence-electron chi connectivity index (χ4n) is 3.76. The van der Waals surface area contributed by atoms with Gasteiger partial charge in [0.15, 0.2) is 0 Å². The second kappa shape index (κ2) is 6.30. The summed E-state index contributed by atoms with van der Waals surface area (Å²) in [5.41, 5.74) is 10.7. The zero-order valence-electron chi connectivity index (χ0n) is 14.8. The average Bonchev–Trinajstić information content (AvgIpc) is 3.05. The molecule has 2 amide bonds. The van der Waals surface area contributed by atoms with Crippen LogP contribution >= 0.6 is 0 Å². The predicted octanol–water partition coefficient (Wildman–Crippen LogP) is 3.63. The lowest BCUT2D eigenvalue weighted by Crippen LogP contribution is -2.42. The van der Waals surface area contributed by atoms with Gasteiger partial charge in [-0.25, -0.2) is 0 Å². The van der Waals surface area contributed by atoms with E-state index in [1.807, 2.05) is 50.2 Å². The molecule has 0 saturated carbocycles. The largest absolute Gasteiger partial charge is 0.270 e. The summed E-state index contributed by atoms with van der Waals surface area (Å²) in [5.74, 6) is -0.625. The molecule has 0 atom stereocenters. The molecule has 3 aromatic rings. The Morgan fingerprint density at radius 1 is 0.808 bits per heavy atom. The fourth-order valence-corrected chi connectivity index (χ4v) is 3.76. The maximum atomic E-state index is 12.7. The number of amides is 2. The van der Waals surface area contributed by atoms with Crippen LogP contribution in [0, 0.1) is 13.8 Å². The quantitative estimate of drug-likeness (QED) is 0.698. The normalized spacial score (nSPS) is 12.2. The van der Waals surface area contributed by atoms with Crippen molar-refractivity contribution in [1.82, 2.24) is 10.9 Å². The predicted molar refractivity (Wildman–Crippen MR) is 102 cm³/mol. The number of hydrazine groups is 1. The molecule has 2 N–H and O–H groups in total. The molecule has 0 bridgehead atoms. The average molecular weight is 344 g/mol. The molecule has 0 heterocycles. The number of benzene rings is 3. The van der Waals surface area contributed by atoms with E-state index in [0.717, 1.165) is 29.4 Å². The first-order valence-electron chi connectivity index (χ1n) is 8.76. The minimum atomic E-state index is -0.318. The van der Waals surface area contributed by atoms with Gasteiger partial charge in [-0.05, 0) is 66.3 Å². The van der Waals surface area contributed by atoms with Crippen LogP contribution in [0.25, 0.3) is 10.8 Å². The summed E-state index contributed by atoms with van der Waals surface area (Å²) in [7, 11) is 0. The van der Waals surface area contributed by atoms with Crippen molar-refractivity contribution in [3.8, 4) is 0 Å². The molecule has 4 heteroatoms. The molecular formula is C22H20N2O2. The van der Waals surface area contributed by atoms with Crippen molar-refractivity contribution in [3.63, 3.8) is 0 Å². The standard InChI is InChI=1S/C22H20N2O2/c1-13-6-10-17(14(2)12-13)21(25)23-24-22(26)19-11-9-16-8-7-15-4-3-5-18(19)20(15)16/h3-6,9-12H,7-8H2,1-2H3,(H,23,25)(H,24,26). The van der Waals surface area contributed by atoms with E-state index in [-0.39, 0.29) is 11.8 Å². The highest BCUT2D eigenvalue weighted by atomic mass is 16.2. The van der Waals surface area contributed by atoms with Crippen LogP contribution in [-0.2, 0) is 12.8 Å². The zero-order chi connectivity index (χ0) is 18.3. The molecule has 4 nitrogen and oxygen atoms in total. The molecule has 0 saturated heterocycles. The second-order valence-corrected chi connectivity index (χ2v) is 6.84. The third kappa shape index (κ3) is 2.73. The van der Waals surface area contributed by atoms with Crippen LogP contribution in [0.4, 0.5) is 0 Å². The molecule has 0 fully saturated rings. The zero-order valence-corrected chi connectivity index (χ0v) is 14.8. The van der Waals surface area contributed by atoms with Crippen LogP contribution in [0.1, 0.15) is 43.0 Å². The van der Waals surface area contributed by atoms with E-state index in [2.05, 4.69) is 16.9 Å². The molecule has 1 aliphatic carbocycles. The molecular weight excluding hydrogens is 324 g/mol. The highest BCUT2D eigenvalue weighted by Gasteiger charge is 2.19. The highest BCUT2D eigenvalue weighted by molar-refractivity contribution is 6.10. The lowest BCUT2D eigenvalue weighted by Gasteiger charge is -2.12. The summed E-state index contributed by atoms with van der Waals surface area (Å²) in [5, 5.41) is 2.12. The molecule has 0 unspecified atom stereocenters. The van der Waals surface area contributed by atoms with E-state index in [1.54, 1.807) is 6.07 Å². The number of rotatable bonds is 2. The number of carbonyl (C=O) groups excluding carboxylic acids is 2. The lowest BCUT2D eigenvalue weighted by atomic mass is 9.99. The first kappa shape index (κ1) is 16.3. The fraction of sp³-hybridized carbons (Fsp3) is 0.182. The van der Waals surface area contributed by atoms with Crippen molar-refractivity contribution in [1.29, 1.82) is 0 Å². The molecule has 0 aliphatic heterocycles.